The summed E-state index contributed by atoms with van der Waals surface area (Å²) < 4.78 is 6.25. The third kappa shape index (κ3) is 3.50. The molecule has 25 heavy (non-hydrogen) atoms. The minimum atomic E-state index is -0.835. The molecule has 3 heterocycles. The zero-order valence-corrected chi connectivity index (χ0v) is 14.0. The van der Waals surface area contributed by atoms with Gasteiger partial charge in [0.25, 0.3) is 11.8 Å². The largest absolute Gasteiger partial charge is 0.450 e. The number of nitrogens with zero attached hydrogens (tertiary/aromatic N) is 2. The summed E-state index contributed by atoms with van der Waals surface area (Å²) in [6.45, 7) is 1.79. The summed E-state index contributed by atoms with van der Waals surface area (Å²) in [6, 6.07) is 6.89. The van der Waals surface area contributed by atoms with Gasteiger partial charge < -0.3 is 10.1 Å². The van der Waals surface area contributed by atoms with Crippen molar-refractivity contribution in [3.63, 3.8) is 0 Å². The maximum absolute atomic E-state index is 12.5. The van der Waals surface area contributed by atoms with Crippen LogP contribution in [0.1, 0.15) is 27.6 Å². The Bertz CT molecular complexity index is 946. The van der Waals surface area contributed by atoms with Crippen molar-refractivity contribution in [2.45, 2.75) is 6.92 Å². The van der Waals surface area contributed by atoms with Crippen LogP contribution in [-0.2, 0) is 4.74 Å². The first-order valence-corrected chi connectivity index (χ1v) is 8.27. The van der Waals surface area contributed by atoms with Crippen LogP contribution in [0.4, 0.5) is 9.80 Å². The summed E-state index contributed by atoms with van der Waals surface area (Å²) in [5.74, 6) is -1.04. The quantitative estimate of drug-likeness (QED) is 0.746. The number of imide groups is 1. The van der Waals surface area contributed by atoms with Gasteiger partial charge in [0.1, 0.15) is 5.00 Å². The Morgan fingerprint density at radius 2 is 2.04 bits per heavy atom. The number of pyridine rings is 1. The van der Waals surface area contributed by atoms with Gasteiger partial charge in [-0.15, -0.1) is 11.3 Å². The highest BCUT2D eigenvalue weighted by Crippen LogP contribution is 2.24. The average molecular weight is 358 g/mol. The monoisotopic (exact) mass is 358 g/mol. The number of carbonyl (C=O) groups excluding carboxylic acids is 3. The van der Waals surface area contributed by atoms with Gasteiger partial charge in [0.15, 0.2) is 0 Å². The lowest BCUT2D eigenvalue weighted by atomic mass is 10.2. The smallest absolute Gasteiger partial charge is 0.414 e. The Morgan fingerprint density at radius 3 is 2.84 bits per heavy atom. The molecular weight excluding hydrogens is 344 g/mol. The number of fused-ring (bicyclic) bond motifs is 1. The number of ether oxygens (including phenoxy) is 1. The Morgan fingerprint density at radius 1 is 1.20 bits per heavy atom. The molecule has 8 nitrogen and oxygen atoms in total. The summed E-state index contributed by atoms with van der Waals surface area (Å²) in [6.07, 6.45) is 2.35. The number of aromatic nitrogens is 2. The predicted molar refractivity (Wildman–Crippen MR) is 92.0 cm³/mol. The average Bonchev–Trinajstić information content (AvgIpc) is 3.21. The van der Waals surface area contributed by atoms with Gasteiger partial charge in [0.05, 0.1) is 29.4 Å². The van der Waals surface area contributed by atoms with Crippen LogP contribution in [0, 0.1) is 0 Å². The third-order valence-corrected chi connectivity index (χ3v) is 4.13. The molecule has 0 saturated heterocycles. The molecule has 128 valence electrons. The van der Waals surface area contributed by atoms with E-state index in [4.69, 9.17) is 0 Å². The highest BCUT2D eigenvalue weighted by atomic mass is 32.1. The van der Waals surface area contributed by atoms with Crippen LogP contribution in [-0.4, -0.2) is 34.1 Å². The van der Waals surface area contributed by atoms with E-state index in [9.17, 15) is 14.4 Å². The van der Waals surface area contributed by atoms with E-state index in [1.807, 2.05) is 0 Å². The highest BCUT2D eigenvalue weighted by molar-refractivity contribution is 7.14. The Balaban J connectivity index is 1.78. The molecule has 2 N–H and O–H groups in total. The number of amides is 3. The molecule has 0 spiro atoms. The number of alkyl carbamates (subject to hydrolysis) is 1. The van der Waals surface area contributed by atoms with Crippen molar-refractivity contribution < 1.29 is 19.1 Å². The van der Waals surface area contributed by atoms with Crippen LogP contribution in [0.15, 0.2) is 42.0 Å². The van der Waals surface area contributed by atoms with E-state index in [0.29, 0.717) is 16.1 Å². The van der Waals surface area contributed by atoms with E-state index in [0.717, 1.165) is 0 Å². The molecule has 0 bridgehead atoms. The van der Waals surface area contributed by atoms with Crippen molar-refractivity contribution in [1.29, 1.82) is 0 Å². The predicted octanol–water partition coefficient (Wildman–Crippen LogP) is 2.53. The zero-order chi connectivity index (χ0) is 17.8. The number of nitrogens with one attached hydrogen (secondary N) is 2. The molecule has 0 aromatic carbocycles. The maximum Gasteiger partial charge on any atom is 0.414 e. The Kier molecular flexibility index (Phi) is 4.75. The lowest BCUT2D eigenvalue weighted by Gasteiger charge is -2.06. The number of rotatable bonds is 4. The maximum atomic E-state index is 12.5. The third-order valence-electron chi connectivity index (χ3n) is 3.30. The molecule has 3 aromatic rings. The zero-order valence-electron chi connectivity index (χ0n) is 13.2. The number of hydrogen-bond donors (Lipinski definition) is 2. The fourth-order valence-electron chi connectivity index (χ4n) is 2.19. The van der Waals surface area contributed by atoms with Crippen molar-refractivity contribution >= 4 is 39.8 Å². The molecule has 0 unspecified atom stereocenters. The molecule has 0 aliphatic rings. The first-order valence-electron chi connectivity index (χ1n) is 7.39. The van der Waals surface area contributed by atoms with E-state index in [2.05, 4.69) is 20.5 Å². The van der Waals surface area contributed by atoms with Crippen molar-refractivity contribution in [2.75, 3.05) is 11.9 Å². The summed E-state index contributed by atoms with van der Waals surface area (Å²) in [5.41, 5.74) is 1.21. The van der Waals surface area contributed by atoms with E-state index < -0.39 is 17.9 Å². The molecule has 3 amide bonds. The summed E-state index contributed by atoms with van der Waals surface area (Å²) in [4.78, 5) is 36.0. The summed E-state index contributed by atoms with van der Waals surface area (Å²) in [7, 11) is 0. The molecule has 3 rings (SSSR count). The molecule has 0 radical (unpaired) electrons. The molecular formula is C16H14N4O4S. The lowest BCUT2D eigenvalue weighted by molar-refractivity contribution is 0.0926. The van der Waals surface area contributed by atoms with E-state index in [-0.39, 0.29) is 12.2 Å². The van der Waals surface area contributed by atoms with Crippen LogP contribution in [0.3, 0.4) is 0 Å². The van der Waals surface area contributed by atoms with E-state index in [1.165, 1.54) is 23.6 Å². The van der Waals surface area contributed by atoms with Gasteiger partial charge in [-0.1, -0.05) is 6.07 Å². The van der Waals surface area contributed by atoms with Crippen LogP contribution < -0.4 is 10.6 Å². The number of hydrogen-bond acceptors (Lipinski definition) is 6. The second-order valence-corrected chi connectivity index (χ2v) is 5.80. The van der Waals surface area contributed by atoms with Crippen LogP contribution in [0.25, 0.3) is 5.52 Å². The van der Waals surface area contributed by atoms with Crippen LogP contribution in [0.5, 0.6) is 0 Å². The highest BCUT2D eigenvalue weighted by Gasteiger charge is 2.19. The van der Waals surface area contributed by atoms with Crippen molar-refractivity contribution in [3.05, 3.63) is 53.2 Å². The molecule has 0 aliphatic heterocycles. The van der Waals surface area contributed by atoms with Crippen molar-refractivity contribution in [2.24, 2.45) is 0 Å². The fraction of sp³-hybridized carbons (Fsp3) is 0.125. The second kappa shape index (κ2) is 7.14. The van der Waals surface area contributed by atoms with Crippen molar-refractivity contribution in [1.82, 2.24) is 14.9 Å². The van der Waals surface area contributed by atoms with Gasteiger partial charge in [0, 0.05) is 6.20 Å². The Hall–Kier alpha value is -3.20. The van der Waals surface area contributed by atoms with Gasteiger partial charge in [0.2, 0.25) is 0 Å². The standard InChI is InChI=1S/C16H14N4O4S/c1-2-24-16(23)19-13(21)10-6-8-25-15(10)18-14(22)11-9-17-20-7-4-3-5-12(11)20/h3-9H,2H2,1H3,(H,18,22)(H,19,21,23). The topological polar surface area (TPSA) is 102 Å². The minimum Gasteiger partial charge on any atom is -0.450 e. The van der Waals surface area contributed by atoms with Gasteiger partial charge in [-0.05, 0) is 30.5 Å². The van der Waals surface area contributed by atoms with Gasteiger partial charge >= 0.3 is 6.09 Å². The summed E-state index contributed by atoms with van der Waals surface area (Å²) in [5, 5.41) is 10.9. The molecule has 0 saturated carbocycles. The molecule has 0 aliphatic carbocycles. The number of thiophene rings is 1. The van der Waals surface area contributed by atoms with Crippen molar-refractivity contribution in [3.8, 4) is 0 Å². The van der Waals surface area contributed by atoms with Crippen LogP contribution in [0.2, 0.25) is 0 Å². The summed E-state index contributed by atoms with van der Waals surface area (Å²) >= 11 is 1.18. The molecule has 0 atom stereocenters. The number of carbonyl (C=O) groups is 3. The second-order valence-electron chi connectivity index (χ2n) is 4.88. The van der Waals surface area contributed by atoms with Gasteiger partial charge in [-0.3, -0.25) is 14.9 Å². The first kappa shape index (κ1) is 16.7. The molecule has 3 aromatic heterocycles. The van der Waals surface area contributed by atoms with Gasteiger partial charge in [-0.2, -0.15) is 5.10 Å². The van der Waals surface area contributed by atoms with Gasteiger partial charge in [-0.25, -0.2) is 9.31 Å². The molecule has 9 heteroatoms. The first-order chi connectivity index (χ1) is 12.1. The minimum absolute atomic E-state index is 0.154. The van der Waals surface area contributed by atoms with E-state index in [1.54, 1.807) is 41.2 Å². The van der Waals surface area contributed by atoms with E-state index >= 15 is 0 Å². The lowest BCUT2D eigenvalue weighted by Crippen LogP contribution is -2.31. The fourth-order valence-corrected chi connectivity index (χ4v) is 2.97. The molecule has 0 fully saturated rings. The van der Waals surface area contributed by atoms with Crippen LogP contribution >= 0.6 is 11.3 Å². The normalized spacial score (nSPS) is 10.4. The number of anilines is 1. The Labute approximate surface area is 146 Å². The SMILES string of the molecule is CCOC(=O)NC(=O)c1ccsc1NC(=O)c1cnn2ccccc12.